The molecule has 226 valence electrons. The highest BCUT2D eigenvalue weighted by Crippen LogP contribution is 2.26. The van der Waals surface area contributed by atoms with Gasteiger partial charge in [-0.05, 0) is 67.8 Å². The lowest BCUT2D eigenvalue weighted by atomic mass is 10.0. The van der Waals surface area contributed by atoms with Gasteiger partial charge in [0.05, 0.1) is 29.1 Å². The largest absolute Gasteiger partial charge is 0.497 e. The Hall–Kier alpha value is -3.27. The molecule has 0 aliphatic heterocycles. The molecule has 3 aromatic rings. The van der Waals surface area contributed by atoms with Gasteiger partial charge in [0.25, 0.3) is 0 Å². The third-order valence-corrected chi connectivity index (χ3v) is 8.48. The fourth-order valence-corrected chi connectivity index (χ4v) is 5.81. The Labute approximate surface area is 258 Å². The van der Waals surface area contributed by atoms with Crippen LogP contribution >= 0.6 is 23.2 Å². The van der Waals surface area contributed by atoms with Gasteiger partial charge in [-0.2, -0.15) is 0 Å². The van der Waals surface area contributed by atoms with Crippen LogP contribution in [0.4, 0.5) is 5.69 Å². The van der Waals surface area contributed by atoms with Crippen LogP contribution in [0.1, 0.15) is 37.8 Å². The summed E-state index contributed by atoms with van der Waals surface area (Å²) in [6, 6.07) is 20.3. The smallest absolute Gasteiger partial charge is 0.243 e. The zero-order valence-electron chi connectivity index (χ0n) is 24.2. The van der Waals surface area contributed by atoms with Gasteiger partial charge in [-0.3, -0.25) is 13.9 Å². The summed E-state index contributed by atoms with van der Waals surface area (Å²) < 4.78 is 31.7. The SMILES string of the molecule is COc1ccc(N(CCCC(=O)N(Cc2ccc(Cl)c(Cl)c2)C(Cc2ccccc2)C(=O)NC(C)C)S(C)(=O)=O)cc1. The zero-order chi connectivity index (χ0) is 30.9. The number of amides is 2. The highest BCUT2D eigenvalue weighted by molar-refractivity contribution is 7.92. The molecule has 42 heavy (non-hydrogen) atoms. The lowest BCUT2D eigenvalue weighted by Crippen LogP contribution is -2.51. The summed E-state index contributed by atoms with van der Waals surface area (Å²) in [5, 5.41) is 3.68. The summed E-state index contributed by atoms with van der Waals surface area (Å²) >= 11 is 12.4. The van der Waals surface area contributed by atoms with Crippen LogP contribution in [0.25, 0.3) is 0 Å². The van der Waals surface area contributed by atoms with Crippen molar-refractivity contribution in [2.75, 3.05) is 24.2 Å². The van der Waals surface area contributed by atoms with Crippen molar-refractivity contribution in [3.63, 3.8) is 0 Å². The summed E-state index contributed by atoms with van der Waals surface area (Å²) in [4.78, 5) is 28.9. The first-order chi connectivity index (χ1) is 19.9. The van der Waals surface area contributed by atoms with Crippen LogP contribution < -0.4 is 14.4 Å². The van der Waals surface area contributed by atoms with Crippen LogP contribution in [-0.4, -0.2) is 57.1 Å². The predicted octanol–water partition coefficient (Wildman–Crippen LogP) is 5.71. The maximum absolute atomic E-state index is 13.9. The van der Waals surface area contributed by atoms with Gasteiger partial charge in [0, 0.05) is 32.0 Å². The van der Waals surface area contributed by atoms with Crippen molar-refractivity contribution in [2.24, 2.45) is 0 Å². The fraction of sp³-hybridized carbons (Fsp3) is 0.355. The van der Waals surface area contributed by atoms with E-state index in [1.165, 1.54) is 11.4 Å². The number of sulfonamides is 1. The van der Waals surface area contributed by atoms with Gasteiger partial charge in [-0.15, -0.1) is 0 Å². The van der Waals surface area contributed by atoms with Crippen molar-refractivity contribution in [1.29, 1.82) is 0 Å². The van der Waals surface area contributed by atoms with Crippen LogP contribution in [0.15, 0.2) is 72.8 Å². The summed E-state index contributed by atoms with van der Waals surface area (Å²) in [6.07, 6.45) is 1.68. The number of carbonyl (C=O) groups is 2. The van der Waals surface area contributed by atoms with Gasteiger partial charge in [-0.25, -0.2) is 8.42 Å². The summed E-state index contributed by atoms with van der Waals surface area (Å²) in [7, 11) is -2.09. The summed E-state index contributed by atoms with van der Waals surface area (Å²) in [6.45, 7) is 3.93. The molecule has 1 unspecified atom stereocenters. The minimum absolute atomic E-state index is 0.0176. The van der Waals surface area contributed by atoms with Crippen molar-refractivity contribution in [1.82, 2.24) is 10.2 Å². The second kappa shape index (κ2) is 15.3. The first kappa shape index (κ1) is 33.2. The minimum atomic E-state index is -3.62. The van der Waals surface area contributed by atoms with Crippen LogP contribution in [0.3, 0.4) is 0 Å². The molecule has 8 nitrogen and oxygen atoms in total. The molecule has 11 heteroatoms. The number of nitrogens with zero attached hydrogens (tertiary/aromatic N) is 2. The first-order valence-electron chi connectivity index (χ1n) is 13.6. The summed E-state index contributed by atoms with van der Waals surface area (Å²) in [5.74, 6) is 0.0341. The third-order valence-electron chi connectivity index (χ3n) is 6.55. The molecule has 0 radical (unpaired) electrons. The highest BCUT2D eigenvalue weighted by atomic mass is 35.5. The fourth-order valence-electron chi connectivity index (χ4n) is 4.52. The Morgan fingerprint density at radius 3 is 2.17 bits per heavy atom. The molecule has 1 N–H and O–H groups in total. The molecule has 0 aliphatic carbocycles. The average Bonchev–Trinajstić information content (AvgIpc) is 2.94. The average molecular weight is 635 g/mol. The maximum atomic E-state index is 13.9. The van der Waals surface area contributed by atoms with Gasteiger partial charge in [0.2, 0.25) is 21.8 Å². The van der Waals surface area contributed by atoms with E-state index in [9.17, 15) is 18.0 Å². The van der Waals surface area contributed by atoms with Crippen LogP contribution in [0.2, 0.25) is 10.0 Å². The number of ether oxygens (including phenoxy) is 1. The van der Waals surface area contributed by atoms with E-state index in [0.29, 0.717) is 33.5 Å². The van der Waals surface area contributed by atoms with E-state index < -0.39 is 16.1 Å². The zero-order valence-corrected chi connectivity index (χ0v) is 26.5. The van der Waals surface area contributed by atoms with Gasteiger partial charge in [0.15, 0.2) is 0 Å². The Morgan fingerprint density at radius 2 is 1.60 bits per heavy atom. The van der Waals surface area contributed by atoms with E-state index in [0.717, 1.165) is 11.8 Å². The lowest BCUT2D eigenvalue weighted by Gasteiger charge is -2.32. The molecule has 0 bridgehead atoms. The normalized spacial score (nSPS) is 12.1. The first-order valence-corrected chi connectivity index (χ1v) is 16.2. The molecular formula is C31H37Cl2N3O5S. The van der Waals surface area contributed by atoms with Crippen LogP contribution in [0.5, 0.6) is 5.75 Å². The molecule has 0 spiro atoms. The lowest BCUT2D eigenvalue weighted by molar-refractivity contribution is -0.141. The monoisotopic (exact) mass is 633 g/mol. The standard InChI is InChI=1S/C31H37Cl2N3O5S/c1-22(2)34-31(38)29(20-23-9-6-5-7-10-23)35(21-24-12-17-27(32)28(33)19-24)30(37)11-8-18-36(42(4,39)40)25-13-15-26(41-3)16-14-25/h5-7,9-10,12-17,19,22,29H,8,11,18,20-21H2,1-4H3,(H,34,38). The van der Waals surface area contributed by atoms with Crippen molar-refractivity contribution in [3.8, 4) is 5.75 Å². The van der Waals surface area contributed by atoms with E-state index >= 15 is 0 Å². The van der Waals surface area contributed by atoms with E-state index in [4.69, 9.17) is 27.9 Å². The van der Waals surface area contributed by atoms with E-state index in [1.54, 1.807) is 47.4 Å². The Bertz CT molecular complexity index is 1450. The molecule has 0 aliphatic rings. The number of methoxy groups -OCH3 is 1. The number of carbonyl (C=O) groups excluding carboxylic acids is 2. The molecule has 2 amide bonds. The van der Waals surface area contributed by atoms with Crippen LogP contribution in [0, 0.1) is 0 Å². The Morgan fingerprint density at radius 1 is 0.929 bits per heavy atom. The van der Waals surface area contributed by atoms with E-state index in [-0.39, 0.29) is 43.8 Å². The number of benzene rings is 3. The maximum Gasteiger partial charge on any atom is 0.243 e. The number of hydrogen-bond acceptors (Lipinski definition) is 5. The Kier molecular flexibility index (Phi) is 12.1. The minimum Gasteiger partial charge on any atom is -0.497 e. The molecule has 0 saturated heterocycles. The van der Waals surface area contributed by atoms with Gasteiger partial charge in [-0.1, -0.05) is 59.6 Å². The molecule has 0 saturated carbocycles. The van der Waals surface area contributed by atoms with Crippen molar-refractivity contribution in [3.05, 3.63) is 94.0 Å². The van der Waals surface area contributed by atoms with Gasteiger partial charge < -0.3 is 15.0 Å². The number of nitrogens with one attached hydrogen (secondary N) is 1. The summed E-state index contributed by atoms with van der Waals surface area (Å²) in [5.41, 5.74) is 2.08. The molecule has 0 aromatic heterocycles. The molecule has 3 rings (SSSR count). The number of halogens is 2. The van der Waals surface area contributed by atoms with Gasteiger partial charge >= 0.3 is 0 Å². The Balaban J connectivity index is 1.89. The van der Waals surface area contributed by atoms with Crippen molar-refractivity contribution < 1.29 is 22.7 Å². The predicted molar refractivity (Wildman–Crippen MR) is 169 cm³/mol. The molecule has 0 fully saturated rings. The van der Waals surface area contributed by atoms with E-state index in [2.05, 4.69) is 5.32 Å². The number of anilines is 1. The van der Waals surface area contributed by atoms with E-state index in [1.807, 2.05) is 44.2 Å². The second-order valence-electron chi connectivity index (χ2n) is 10.3. The third kappa shape index (κ3) is 9.64. The second-order valence-corrected chi connectivity index (χ2v) is 13.0. The van der Waals surface area contributed by atoms with Gasteiger partial charge in [0.1, 0.15) is 11.8 Å². The van der Waals surface area contributed by atoms with Crippen molar-refractivity contribution >= 4 is 50.7 Å². The highest BCUT2D eigenvalue weighted by Gasteiger charge is 2.31. The molecule has 1 atom stereocenters. The molecular weight excluding hydrogens is 597 g/mol. The molecule has 0 heterocycles. The quantitative estimate of drug-likeness (QED) is 0.245. The number of hydrogen-bond donors (Lipinski definition) is 1. The van der Waals surface area contributed by atoms with Crippen LogP contribution in [-0.2, 0) is 32.6 Å². The van der Waals surface area contributed by atoms with Crippen molar-refractivity contribution in [2.45, 2.75) is 51.7 Å². The number of rotatable bonds is 14. The molecule has 3 aromatic carbocycles. The topological polar surface area (TPSA) is 96.0 Å².